The smallest absolute Gasteiger partial charge is 0.201 e. The fraction of sp³-hybridized carbons (Fsp3) is 0.381. The molecule has 4 rings (SSSR count). The van der Waals surface area contributed by atoms with E-state index in [9.17, 15) is 45.6 Å². The van der Waals surface area contributed by atoms with Crippen molar-refractivity contribution in [3.63, 3.8) is 0 Å². The zero-order valence-corrected chi connectivity index (χ0v) is 16.1. The Hall–Kier alpha value is -2.57. The number of hydrogen-bond donors (Lipinski definition) is 8. The van der Waals surface area contributed by atoms with E-state index in [0.717, 1.165) is 6.07 Å². The fourth-order valence-electron chi connectivity index (χ4n) is 4.44. The quantitative estimate of drug-likeness (QED) is 0.274. The second-order valence-electron chi connectivity index (χ2n) is 7.74. The van der Waals surface area contributed by atoms with Crippen LogP contribution >= 0.6 is 0 Å². The zero-order chi connectivity index (χ0) is 22.7. The van der Waals surface area contributed by atoms with E-state index in [1.807, 2.05) is 0 Å². The van der Waals surface area contributed by atoms with Gasteiger partial charge < -0.3 is 45.6 Å². The van der Waals surface area contributed by atoms with E-state index < -0.39 is 66.6 Å². The van der Waals surface area contributed by atoms with E-state index in [1.54, 1.807) is 0 Å². The molecule has 0 spiro atoms. The molecule has 6 atom stereocenters. The van der Waals surface area contributed by atoms with Gasteiger partial charge in [0.2, 0.25) is 5.78 Å². The molecule has 8 N–H and O–H groups in total. The van der Waals surface area contributed by atoms with Gasteiger partial charge in [-0.2, -0.15) is 0 Å². The summed E-state index contributed by atoms with van der Waals surface area (Å²) in [6.07, 6.45) is -8.49. The molecule has 1 saturated heterocycles. The maximum absolute atomic E-state index is 13.1. The average Bonchev–Trinajstić information content (AvgIpc) is 2.75. The first-order chi connectivity index (χ1) is 14.7. The second kappa shape index (κ2) is 7.53. The van der Waals surface area contributed by atoms with E-state index in [-0.39, 0.29) is 27.8 Å². The molecular formula is C21H22O10. The van der Waals surface area contributed by atoms with Gasteiger partial charge in [0.25, 0.3) is 0 Å². The highest BCUT2D eigenvalue weighted by atomic mass is 16.6. The number of phenols is 2. The summed E-state index contributed by atoms with van der Waals surface area (Å²) in [5, 5.41) is 83.0. The van der Waals surface area contributed by atoms with Crippen LogP contribution in [-0.2, 0) is 16.9 Å². The van der Waals surface area contributed by atoms with Crippen molar-refractivity contribution in [2.45, 2.75) is 42.7 Å². The molecule has 1 aliphatic heterocycles. The fourth-order valence-corrected chi connectivity index (χ4v) is 4.44. The van der Waals surface area contributed by atoms with E-state index in [4.69, 9.17) is 4.74 Å². The molecule has 1 aliphatic carbocycles. The van der Waals surface area contributed by atoms with Crippen LogP contribution in [-0.4, -0.2) is 83.8 Å². The molecule has 6 unspecified atom stereocenters. The lowest BCUT2D eigenvalue weighted by Gasteiger charge is -2.49. The van der Waals surface area contributed by atoms with Gasteiger partial charge in [0.15, 0.2) is 0 Å². The summed E-state index contributed by atoms with van der Waals surface area (Å²) in [7, 11) is 0. The predicted octanol–water partition coefficient (Wildman–Crippen LogP) is -1.79. The van der Waals surface area contributed by atoms with Crippen molar-refractivity contribution in [3.8, 4) is 11.5 Å². The lowest BCUT2D eigenvalue weighted by atomic mass is 9.68. The zero-order valence-electron chi connectivity index (χ0n) is 16.1. The second-order valence-corrected chi connectivity index (χ2v) is 7.74. The molecule has 0 bridgehead atoms. The van der Waals surface area contributed by atoms with Gasteiger partial charge >= 0.3 is 0 Å². The Morgan fingerprint density at radius 1 is 0.903 bits per heavy atom. The summed E-state index contributed by atoms with van der Waals surface area (Å²) in [5.74, 6) is -1.88. The highest BCUT2D eigenvalue weighted by molar-refractivity contribution is 6.16. The first kappa shape index (κ1) is 21.7. The van der Waals surface area contributed by atoms with Gasteiger partial charge in [-0.1, -0.05) is 12.1 Å². The van der Waals surface area contributed by atoms with Crippen LogP contribution in [0.4, 0.5) is 0 Å². The predicted molar refractivity (Wildman–Crippen MR) is 102 cm³/mol. The number of phenolic OH excluding ortho intramolecular Hbond substituents is 2. The topological polar surface area (TPSA) is 188 Å². The Morgan fingerprint density at radius 2 is 1.58 bits per heavy atom. The van der Waals surface area contributed by atoms with Crippen LogP contribution in [0.3, 0.4) is 0 Å². The van der Waals surface area contributed by atoms with Gasteiger partial charge in [-0.3, -0.25) is 4.79 Å². The summed E-state index contributed by atoms with van der Waals surface area (Å²) in [6, 6.07) is 6.21. The third kappa shape index (κ3) is 2.96. The molecule has 10 nitrogen and oxygen atoms in total. The van der Waals surface area contributed by atoms with E-state index in [1.165, 1.54) is 24.3 Å². The highest BCUT2D eigenvalue weighted by Crippen LogP contribution is 2.50. The Kier molecular flexibility index (Phi) is 5.26. The molecule has 1 heterocycles. The Morgan fingerprint density at radius 3 is 2.23 bits per heavy atom. The van der Waals surface area contributed by atoms with Crippen LogP contribution in [0.25, 0.3) is 0 Å². The molecule has 0 radical (unpaired) electrons. The Balaban J connectivity index is 2.04. The first-order valence-corrected chi connectivity index (χ1v) is 9.54. The van der Waals surface area contributed by atoms with Gasteiger partial charge in [0.05, 0.1) is 24.3 Å². The molecule has 0 amide bonds. The first-order valence-electron chi connectivity index (χ1n) is 9.54. The van der Waals surface area contributed by atoms with E-state index in [2.05, 4.69) is 0 Å². The van der Waals surface area contributed by atoms with Crippen LogP contribution < -0.4 is 0 Å². The van der Waals surface area contributed by atoms with Gasteiger partial charge in [0, 0.05) is 11.1 Å². The number of carbonyl (C=O) groups is 1. The van der Waals surface area contributed by atoms with Gasteiger partial charge in [0.1, 0.15) is 47.6 Å². The van der Waals surface area contributed by atoms with Crippen molar-refractivity contribution in [2.75, 3.05) is 6.61 Å². The minimum absolute atomic E-state index is 0.135. The summed E-state index contributed by atoms with van der Waals surface area (Å²) in [6.45, 7) is -1.30. The number of aliphatic hydroxyl groups excluding tert-OH is 5. The van der Waals surface area contributed by atoms with Crippen molar-refractivity contribution in [2.24, 2.45) is 0 Å². The summed E-state index contributed by atoms with van der Waals surface area (Å²) in [4.78, 5) is 13.1. The third-order valence-electron chi connectivity index (χ3n) is 5.98. The Labute approximate surface area is 175 Å². The number of carbonyl (C=O) groups excluding carboxylic acids is 1. The number of aromatic hydroxyl groups is 2. The van der Waals surface area contributed by atoms with Crippen molar-refractivity contribution >= 4 is 5.78 Å². The van der Waals surface area contributed by atoms with Crippen LogP contribution in [0.2, 0.25) is 0 Å². The summed E-state index contributed by atoms with van der Waals surface area (Å²) < 4.78 is 5.58. The van der Waals surface area contributed by atoms with Crippen LogP contribution in [0.5, 0.6) is 11.5 Å². The SMILES string of the molecule is O=C1c2c(O)cccc2C(O)(C2OC(CO)C(O)C(O)C2O)c2cc(CO)cc(O)c21. The van der Waals surface area contributed by atoms with Crippen molar-refractivity contribution in [3.05, 3.63) is 58.1 Å². The van der Waals surface area contributed by atoms with Crippen LogP contribution in [0.15, 0.2) is 30.3 Å². The van der Waals surface area contributed by atoms with Crippen LogP contribution in [0, 0.1) is 0 Å². The lowest BCUT2D eigenvalue weighted by Crippen LogP contribution is -2.65. The standard InChI is InChI=1S/C21H22O10/c22-6-8-4-10-15(12(25)5-8)17(27)14-9(2-1-3-11(14)24)21(10,30)20-19(29)18(28)16(26)13(7-23)31-20/h1-5,13,16,18-20,22-26,28-30H,6-7H2. The van der Waals surface area contributed by atoms with Crippen molar-refractivity contribution in [1.82, 2.24) is 0 Å². The van der Waals surface area contributed by atoms with Crippen molar-refractivity contribution in [1.29, 1.82) is 0 Å². The molecule has 10 heteroatoms. The molecule has 2 aromatic rings. The normalized spacial score (nSPS) is 32.5. The van der Waals surface area contributed by atoms with Gasteiger partial charge in [-0.25, -0.2) is 0 Å². The van der Waals surface area contributed by atoms with Crippen molar-refractivity contribution < 1.29 is 50.4 Å². The number of ether oxygens (including phenoxy) is 1. The van der Waals surface area contributed by atoms with Gasteiger partial charge in [-0.05, 0) is 23.8 Å². The molecule has 0 aromatic heterocycles. The van der Waals surface area contributed by atoms with Crippen LogP contribution in [0.1, 0.15) is 32.6 Å². The summed E-state index contributed by atoms with van der Waals surface area (Å²) in [5.41, 5.74) is -3.43. The molecular weight excluding hydrogens is 412 g/mol. The number of hydrogen-bond acceptors (Lipinski definition) is 10. The largest absolute Gasteiger partial charge is 0.507 e. The minimum atomic E-state index is -2.42. The number of aliphatic hydroxyl groups is 6. The Bertz CT molecular complexity index is 1040. The lowest BCUT2D eigenvalue weighted by molar-refractivity contribution is -0.265. The minimum Gasteiger partial charge on any atom is -0.507 e. The maximum Gasteiger partial charge on any atom is 0.201 e. The summed E-state index contributed by atoms with van der Waals surface area (Å²) >= 11 is 0. The molecule has 166 valence electrons. The molecule has 31 heavy (non-hydrogen) atoms. The monoisotopic (exact) mass is 434 g/mol. The molecule has 2 aliphatic rings. The highest BCUT2D eigenvalue weighted by Gasteiger charge is 2.57. The molecule has 2 aromatic carbocycles. The average molecular weight is 434 g/mol. The number of ketones is 1. The van der Waals surface area contributed by atoms with E-state index in [0.29, 0.717) is 0 Å². The maximum atomic E-state index is 13.1. The van der Waals surface area contributed by atoms with E-state index >= 15 is 0 Å². The number of fused-ring (bicyclic) bond motifs is 2. The third-order valence-corrected chi connectivity index (χ3v) is 5.98. The number of benzene rings is 2. The number of rotatable bonds is 3. The molecule has 0 saturated carbocycles. The molecule has 1 fully saturated rings. The van der Waals surface area contributed by atoms with Gasteiger partial charge in [-0.15, -0.1) is 0 Å².